The van der Waals surface area contributed by atoms with Crippen molar-refractivity contribution in [1.82, 2.24) is 5.32 Å². The molecule has 1 N–H and O–H groups in total. The number of rotatable bonds is 8. The van der Waals surface area contributed by atoms with Gasteiger partial charge in [-0.25, -0.2) is 0 Å². The van der Waals surface area contributed by atoms with Crippen LogP contribution in [0.25, 0.3) is 0 Å². The second kappa shape index (κ2) is 9.87. The van der Waals surface area contributed by atoms with Crippen molar-refractivity contribution in [1.29, 1.82) is 0 Å². The Hall–Kier alpha value is -1.97. The molecule has 0 amide bonds. The van der Waals surface area contributed by atoms with Gasteiger partial charge >= 0.3 is 0 Å². The average Bonchev–Trinajstić information content (AvgIpc) is 2.54. The van der Waals surface area contributed by atoms with Crippen LogP contribution >= 0.6 is 12.4 Å². The third-order valence-electron chi connectivity index (χ3n) is 3.13. The van der Waals surface area contributed by atoms with Crippen molar-refractivity contribution >= 4 is 12.4 Å². The quantitative estimate of drug-likeness (QED) is 0.747. The third kappa shape index (κ3) is 5.43. The number of para-hydroxylation sites is 1. The highest BCUT2D eigenvalue weighted by Crippen LogP contribution is 2.17. The fraction of sp³-hybridized carbons (Fsp3) is 0.222. The maximum Gasteiger partial charge on any atom is 0.123 e. The van der Waals surface area contributed by atoms with Gasteiger partial charge < -0.3 is 14.8 Å². The molecule has 0 atom stereocenters. The van der Waals surface area contributed by atoms with Gasteiger partial charge in [0.2, 0.25) is 0 Å². The Bertz CT molecular complexity index is 570. The zero-order valence-corrected chi connectivity index (χ0v) is 13.6. The molecule has 118 valence electrons. The van der Waals surface area contributed by atoms with Gasteiger partial charge in [-0.1, -0.05) is 43.0 Å². The Balaban J connectivity index is 0.00000242. The fourth-order valence-corrected chi connectivity index (χ4v) is 2.05. The molecule has 0 aliphatic rings. The lowest BCUT2D eigenvalue weighted by atomic mass is 10.2. The normalized spacial score (nSPS) is 9.68. The molecule has 2 rings (SSSR count). The molecule has 3 nitrogen and oxygen atoms in total. The van der Waals surface area contributed by atoms with Crippen LogP contribution in [0.2, 0.25) is 0 Å². The molecule has 2 aromatic rings. The lowest BCUT2D eigenvalue weighted by Crippen LogP contribution is -2.13. The minimum Gasteiger partial charge on any atom is -0.496 e. The Morgan fingerprint density at radius 2 is 1.77 bits per heavy atom. The van der Waals surface area contributed by atoms with E-state index in [0.29, 0.717) is 6.61 Å². The molecular formula is C18H22ClNO2. The van der Waals surface area contributed by atoms with Crippen molar-refractivity contribution in [2.75, 3.05) is 13.7 Å². The molecule has 0 aliphatic heterocycles. The van der Waals surface area contributed by atoms with Gasteiger partial charge in [0, 0.05) is 18.7 Å². The van der Waals surface area contributed by atoms with Crippen LogP contribution in [0.3, 0.4) is 0 Å². The van der Waals surface area contributed by atoms with Gasteiger partial charge in [0.15, 0.2) is 0 Å². The Morgan fingerprint density at radius 1 is 1.05 bits per heavy atom. The van der Waals surface area contributed by atoms with Gasteiger partial charge in [0.1, 0.15) is 18.1 Å². The smallest absolute Gasteiger partial charge is 0.123 e. The number of hydrogen-bond acceptors (Lipinski definition) is 3. The summed E-state index contributed by atoms with van der Waals surface area (Å²) in [6, 6.07) is 16.1. The third-order valence-corrected chi connectivity index (χ3v) is 3.13. The first-order valence-electron chi connectivity index (χ1n) is 6.98. The van der Waals surface area contributed by atoms with Crippen molar-refractivity contribution in [3.05, 3.63) is 72.3 Å². The van der Waals surface area contributed by atoms with Gasteiger partial charge in [-0.3, -0.25) is 0 Å². The summed E-state index contributed by atoms with van der Waals surface area (Å²) in [5, 5.41) is 3.42. The van der Waals surface area contributed by atoms with E-state index >= 15 is 0 Å². The van der Waals surface area contributed by atoms with Crippen molar-refractivity contribution in [2.24, 2.45) is 0 Å². The predicted molar refractivity (Wildman–Crippen MR) is 92.9 cm³/mol. The minimum atomic E-state index is 0. The summed E-state index contributed by atoms with van der Waals surface area (Å²) >= 11 is 0. The summed E-state index contributed by atoms with van der Waals surface area (Å²) < 4.78 is 10.8. The first-order valence-corrected chi connectivity index (χ1v) is 6.98. The molecule has 0 bridgehead atoms. The topological polar surface area (TPSA) is 30.5 Å². The summed E-state index contributed by atoms with van der Waals surface area (Å²) in [4.78, 5) is 0. The lowest BCUT2D eigenvalue weighted by molar-refractivity contribution is 0.363. The molecule has 0 aliphatic carbocycles. The zero-order chi connectivity index (χ0) is 14.9. The molecular weight excluding hydrogens is 298 g/mol. The molecule has 4 heteroatoms. The van der Waals surface area contributed by atoms with Crippen LogP contribution in [0.5, 0.6) is 11.5 Å². The minimum absolute atomic E-state index is 0. The summed E-state index contributed by atoms with van der Waals surface area (Å²) in [6.45, 7) is 5.75. The van der Waals surface area contributed by atoms with Gasteiger partial charge in [0.05, 0.1) is 7.11 Å². The number of hydrogen-bond donors (Lipinski definition) is 1. The van der Waals surface area contributed by atoms with Crippen LogP contribution in [-0.4, -0.2) is 13.7 Å². The Kier molecular flexibility index (Phi) is 8.11. The summed E-state index contributed by atoms with van der Waals surface area (Å²) in [7, 11) is 1.70. The fourth-order valence-electron chi connectivity index (χ4n) is 2.05. The van der Waals surface area contributed by atoms with E-state index < -0.39 is 0 Å². The van der Waals surface area contributed by atoms with Crippen LogP contribution in [0.1, 0.15) is 11.1 Å². The highest BCUT2D eigenvalue weighted by Gasteiger charge is 2.01. The highest BCUT2D eigenvalue weighted by atomic mass is 35.5. The maximum absolute atomic E-state index is 5.46. The first kappa shape index (κ1) is 18.1. The van der Waals surface area contributed by atoms with E-state index in [1.165, 1.54) is 5.56 Å². The van der Waals surface area contributed by atoms with Gasteiger partial charge in [0.25, 0.3) is 0 Å². The average molecular weight is 320 g/mol. The summed E-state index contributed by atoms with van der Waals surface area (Å²) in [5.74, 6) is 1.78. The molecule has 0 fully saturated rings. The Labute approximate surface area is 138 Å². The van der Waals surface area contributed by atoms with Crippen LogP contribution in [-0.2, 0) is 13.1 Å². The summed E-state index contributed by atoms with van der Waals surface area (Å²) in [6.07, 6.45) is 1.74. The van der Waals surface area contributed by atoms with E-state index in [2.05, 4.69) is 30.1 Å². The molecule has 0 spiro atoms. The molecule has 0 unspecified atom stereocenters. The molecule has 22 heavy (non-hydrogen) atoms. The Morgan fingerprint density at radius 3 is 2.45 bits per heavy atom. The van der Waals surface area contributed by atoms with Crippen molar-refractivity contribution in [2.45, 2.75) is 13.1 Å². The highest BCUT2D eigenvalue weighted by molar-refractivity contribution is 5.85. The van der Waals surface area contributed by atoms with Crippen LogP contribution in [0.15, 0.2) is 61.2 Å². The molecule has 0 heterocycles. The number of methoxy groups -OCH3 is 1. The van der Waals surface area contributed by atoms with E-state index in [1.54, 1.807) is 13.2 Å². The first-order chi connectivity index (χ1) is 10.3. The monoisotopic (exact) mass is 319 g/mol. The second-order valence-corrected chi connectivity index (χ2v) is 4.66. The van der Waals surface area contributed by atoms with Crippen LogP contribution in [0.4, 0.5) is 0 Å². The van der Waals surface area contributed by atoms with Gasteiger partial charge in [-0.2, -0.15) is 0 Å². The predicted octanol–water partition coefficient (Wildman–Crippen LogP) is 3.97. The van der Waals surface area contributed by atoms with Gasteiger partial charge in [-0.05, 0) is 23.8 Å². The molecule has 0 saturated carbocycles. The van der Waals surface area contributed by atoms with Crippen molar-refractivity contribution in [3.8, 4) is 11.5 Å². The van der Waals surface area contributed by atoms with E-state index in [1.807, 2.05) is 30.3 Å². The van der Waals surface area contributed by atoms with E-state index in [0.717, 1.165) is 30.2 Å². The molecule has 0 saturated heterocycles. The molecule has 0 radical (unpaired) electrons. The van der Waals surface area contributed by atoms with Crippen molar-refractivity contribution in [3.63, 3.8) is 0 Å². The zero-order valence-electron chi connectivity index (χ0n) is 12.7. The number of halogens is 1. The van der Waals surface area contributed by atoms with Crippen molar-refractivity contribution < 1.29 is 9.47 Å². The largest absolute Gasteiger partial charge is 0.496 e. The van der Waals surface area contributed by atoms with E-state index in [4.69, 9.17) is 9.47 Å². The number of nitrogens with one attached hydrogen (secondary N) is 1. The second-order valence-electron chi connectivity index (χ2n) is 4.66. The van der Waals surface area contributed by atoms with Crippen LogP contribution < -0.4 is 14.8 Å². The number of benzene rings is 2. The molecule has 2 aromatic carbocycles. The standard InChI is InChI=1S/C18H21NO2.ClH/c1-3-12-21-17-10-8-15(9-11-17)13-19-14-16-6-4-5-7-18(16)20-2;/h3-11,19H,1,12-14H2,2H3;1H. The molecule has 0 aromatic heterocycles. The van der Waals surface area contributed by atoms with E-state index in [-0.39, 0.29) is 12.4 Å². The maximum atomic E-state index is 5.46. The summed E-state index contributed by atoms with van der Waals surface area (Å²) in [5.41, 5.74) is 2.38. The van der Waals surface area contributed by atoms with Crippen LogP contribution in [0, 0.1) is 0 Å². The number of ether oxygens (including phenoxy) is 2. The van der Waals surface area contributed by atoms with E-state index in [9.17, 15) is 0 Å². The van der Waals surface area contributed by atoms with Gasteiger partial charge in [-0.15, -0.1) is 12.4 Å². The lowest BCUT2D eigenvalue weighted by Gasteiger charge is -2.10. The SMILES string of the molecule is C=CCOc1ccc(CNCc2ccccc2OC)cc1.Cl.